The first-order valence-electron chi connectivity index (χ1n) is 7.41. The van der Waals surface area contributed by atoms with Gasteiger partial charge in [0, 0.05) is 19.7 Å². The highest BCUT2D eigenvalue weighted by atomic mass is 16.5. The number of carbonyl (C=O) groups excluding carboxylic acids is 1. The molecule has 1 saturated heterocycles. The van der Waals surface area contributed by atoms with Gasteiger partial charge in [-0.1, -0.05) is 36.3 Å². The maximum atomic E-state index is 11.7. The molecular weight excluding hydrogens is 264 g/mol. The number of hydrogen-bond donors (Lipinski definition) is 1. The van der Waals surface area contributed by atoms with E-state index in [0.717, 1.165) is 32.4 Å². The van der Waals surface area contributed by atoms with Crippen molar-refractivity contribution in [3.63, 3.8) is 0 Å². The Morgan fingerprint density at radius 1 is 1.43 bits per heavy atom. The minimum absolute atomic E-state index is 0.0941. The van der Waals surface area contributed by atoms with Crippen molar-refractivity contribution in [2.45, 2.75) is 25.4 Å². The maximum Gasteiger partial charge on any atom is 0.318 e. The first kappa shape index (κ1) is 15.4. The molecule has 1 aromatic rings. The van der Waals surface area contributed by atoms with Crippen molar-refractivity contribution in [3.8, 4) is 12.3 Å². The fourth-order valence-electron chi connectivity index (χ4n) is 2.46. The van der Waals surface area contributed by atoms with Crippen LogP contribution in [0.25, 0.3) is 0 Å². The Hall–Kier alpha value is -1.99. The van der Waals surface area contributed by atoms with Crippen molar-refractivity contribution in [2.24, 2.45) is 0 Å². The number of urea groups is 1. The highest BCUT2D eigenvalue weighted by molar-refractivity contribution is 5.74. The second kappa shape index (κ2) is 8.33. The Balaban J connectivity index is 1.60. The van der Waals surface area contributed by atoms with Crippen LogP contribution in [0.5, 0.6) is 0 Å². The Morgan fingerprint density at radius 2 is 2.24 bits per heavy atom. The van der Waals surface area contributed by atoms with Gasteiger partial charge in [-0.05, 0) is 24.8 Å². The first-order valence-corrected chi connectivity index (χ1v) is 7.41. The molecular formula is C17H22N2O2. The molecule has 112 valence electrons. The van der Waals surface area contributed by atoms with Crippen LogP contribution >= 0.6 is 0 Å². The van der Waals surface area contributed by atoms with Gasteiger partial charge in [0.15, 0.2) is 0 Å². The SMILES string of the molecule is C#CCNC(=O)N1CCC(OCCCc2ccccc2)C1. The summed E-state index contributed by atoms with van der Waals surface area (Å²) in [4.78, 5) is 13.5. The molecule has 0 bridgehead atoms. The van der Waals surface area contributed by atoms with Crippen molar-refractivity contribution in [1.29, 1.82) is 0 Å². The van der Waals surface area contributed by atoms with Gasteiger partial charge in [0.25, 0.3) is 0 Å². The maximum absolute atomic E-state index is 11.7. The summed E-state index contributed by atoms with van der Waals surface area (Å²) in [6, 6.07) is 10.3. The Kier molecular flexibility index (Phi) is 6.11. The van der Waals surface area contributed by atoms with E-state index < -0.39 is 0 Å². The van der Waals surface area contributed by atoms with Crippen molar-refractivity contribution >= 4 is 6.03 Å². The highest BCUT2D eigenvalue weighted by Gasteiger charge is 2.26. The van der Waals surface area contributed by atoms with Gasteiger partial charge in [-0.25, -0.2) is 4.79 Å². The lowest BCUT2D eigenvalue weighted by molar-refractivity contribution is 0.0597. The largest absolute Gasteiger partial charge is 0.376 e. The molecule has 4 heteroatoms. The number of nitrogens with one attached hydrogen (secondary N) is 1. The molecule has 0 spiro atoms. The molecule has 0 saturated carbocycles. The van der Waals surface area contributed by atoms with Crippen LogP contribution in [0.15, 0.2) is 30.3 Å². The van der Waals surface area contributed by atoms with E-state index in [1.165, 1.54) is 5.56 Å². The summed E-state index contributed by atoms with van der Waals surface area (Å²) in [6.45, 7) is 2.40. The van der Waals surface area contributed by atoms with Gasteiger partial charge in [0.05, 0.1) is 12.6 Å². The zero-order valence-electron chi connectivity index (χ0n) is 12.3. The quantitative estimate of drug-likeness (QED) is 0.642. The third-order valence-corrected chi connectivity index (χ3v) is 3.58. The second-order valence-corrected chi connectivity index (χ2v) is 5.18. The normalized spacial score (nSPS) is 17.5. The number of likely N-dealkylation sites (tertiary alicyclic amines) is 1. The smallest absolute Gasteiger partial charge is 0.318 e. The van der Waals surface area contributed by atoms with E-state index in [4.69, 9.17) is 11.2 Å². The van der Waals surface area contributed by atoms with Gasteiger partial charge < -0.3 is 15.0 Å². The summed E-state index contributed by atoms with van der Waals surface area (Å²) in [5, 5.41) is 2.68. The van der Waals surface area contributed by atoms with E-state index >= 15 is 0 Å². The standard InChI is InChI=1S/C17H22N2O2/c1-2-11-18-17(20)19-12-10-16(14-19)21-13-6-9-15-7-4-3-5-8-15/h1,3-5,7-8,16H,6,9-14H2,(H,18,20). The number of aryl methyl sites for hydroxylation is 1. The molecule has 21 heavy (non-hydrogen) atoms. The molecule has 1 heterocycles. The minimum Gasteiger partial charge on any atom is -0.376 e. The van der Waals surface area contributed by atoms with Gasteiger partial charge >= 0.3 is 6.03 Å². The van der Waals surface area contributed by atoms with E-state index in [-0.39, 0.29) is 18.7 Å². The predicted molar refractivity (Wildman–Crippen MR) is 82.9 cm³/mol. The van der Waals surface area contributed by atoms with Crippen molar-refractivity contribution < 1.29 is 9.53 Å². The molecule has 1 fully saturated rings. The summed E-state index contributed by atoms with van der Waals surface area (Å²) in [6.07, 6.45) is 8.20. The molecule has 1 aliphatic rings. The molecule has 1 aliphatic heterocycles. The van der Waals surface area contributed by atoms with Crippen LogP contribution in [0, 0.1) is 12.3 Å². The molecule has 1 N–H and O–H groups in total. The fraction of sp³-hybridized carbons (Fsp3) is 0.471. The number of amides is 2. The lowest BCUT2D eigenvalue weighted by atomic mass is 10.1. The van der Waals surface area contributed by atoms with E-state index in [1.807, 2.05) is 6.07 Å². The number of ether oxygens (including phenoxy) is 1. The van der Waals surface area contributed by atoms with Crippen molar-refractivity contribution in [3.05, 3.63) is 35.9 Å². The number of terminal acetylenes is 1. The lowest BCUT2D eigenvalue weighted by Gasteiger charge is -2.16. The number of rotatable bonds is 6. The van der Waals surface area contributed by atoms with E-state index in [0.29, 0.717) is 6.54 Å². The summed E-state index contributed by atoms with van der Waals surface area (Å²) in [7, 11) is 0. The average Bonchev–Trinajstić information content (AvgIpc) is 2.99. The van der Waals surface area contributed by atoms with Crippen LogP contribution in [0.4, 0.5) is 4.79 Å². The number of carbonyl (C=O) groups is 1. The zero-order valence-corrected chi connectivity index (χ0v) is 12.3. The predicted octanol–water partition coefficient (Wildman–Crippen LogP) is 2.05. The van der Waals surface area contributed by atoms with Gasteiger partial charge in [-0.15, -0.1) is 6.42 Å². The molecule has 0 radical (unpaired) electrons. The monoisotopic (exact) mass is 286 g/mol. The Morgan fingerprint density at radius 3 is 3.00 bits per heavy atom. The number of benzene rings is 1. The molecule has 1 unspecified atom stereocenters. The van der Waals surface area contributed by atoms with Crippen LogP contribution in [-0.2, 0) is 11.2 Å². The second-order valence-electron chi connectivity index (χ2n) is 5.18. The van der Waals surface area contributed by atoms with Crippen molar-refractivity contribution in [1.82, 2.24) is 10.2 Å². The molecule has 0 aliphatic carbocycles. The molecule has 4 nitrogen and oxygen atoms in total. The van der Waals surface area contributed by atoms with Crippen LogP contribution in [0.3, 0.4) is 0 Å². The summed E-state index contributed by atoms with van der Waals surface area (Å²) in [5.74, 6) is 2.40. The molecule has 2 amide bonds. The first-order chi connectivity index (χ1) is 10.3. The molecule has 0 aromatic heterocycles. The van der Waals surface area contributed by atoms with Crippen LogP contribution < -0.4 is 5.32 Å². The molecule has 1 aromatic carbocycles. The van der Waals surface area contributed by atoms with Gasteiger partial charge in [0.1, 0.15) is 0 Å². The van der Waals surface area contributed by atoms with Gasteiger partial charge in [0.2, 0.25) is 0 Å². The third kappa shape index (κ3) is 5.13. The fourth-order valence-corrected chi connectivity index (χ4v) is 2.46. The minimum atomic E-state index is -0.0941. The van der Waals surface area contributed by atoms with E-state index in [1.54, 1.807) is 4.90 Å². The van der Waals surface area contributed by atoms with E-state index in [9.17, 15) is 4.79 Å². The summed E-state index contributed by atoms with van der Waals surface area (Å²) >= 11 is 0. The summed E-state index contributed by atoms with van der Waals surface area (Å²) < 4.78 is 5.85. The van der Waals surface area contributed by atoms with Crippen molar-refractivity contribution in [2.75, 3.05) is 26.2 Å². The number of hydrogen-bond acceptors (Lipinski definition) is 2. The van der Waals surface area contributed by atoms with Gasteiger partial charge in [-0.2, -0.15) is 0 Å². The average molecular weight is 286 g/mol. The third-order valence-electron chi connectivity index (χ3n) is 3.58. The topological polar surface area (TPSA) is 41.6 Å². The van der Waals surface area contributed by atoms with Crippen LogP contribution in [0.1, 0.15) is 18.4 Å². The van der Waals surface area contributed by atoms with Gasteiger partial charge in [-0.3, -0.25) is 0 Å². The van der Waals surface area contributed by atoms with E-state index in [2.05, 4.69) is 35.5 Å². The van der Waals surface area contributed by atoms with Crippen LogP contribution in [-0.4, -0.2) is 43.3 Å². The molecule has 2 rings (SSSR count). The Labute approximate surface area is 126 Å². The van der Waals surface area contributed by atoms with Crippen LogP contribution in [0.2, 0.25) is 0 Å². The lowest BCUT2D eigenvalue weighted by Crippen LogP contribution is -2.39. The zero-order chi connectivity index (χ0) is 14.9. The summed E-state index contributed by atoms with van der Waals surface area (Å²) in [5.41, 5.74) is 1.34. The molecule has 1 atom stereocenters. The highest BCUT2D eigenvalue weighted by Crippen LogP contribution is 2.13. The Bertz CT molecular complexity index is 481. The number of nitrogens with zero attached hydrogens (tertiary/aromatic N) is 1.